The molecule has 0 saturated heterocycles. The minimum Gasteiger partial charge on any atom is -0.507 e. The number of aliphatic imine (C=N–C) groups is 1. The first-order valence-corrected chi connectivity index (χ1v) is 8.92. The minimum atomic E-state index is 0.201. The molecule has 4 rings (SSSR count). The molecule has 128 valence electrons. The fourth-order valence-corrected chi connectivity index (χ4v) is 3.59. The van der Waals surface area contributed by atoms with E-state index in [0.717, 1.165) is 32.2 Å². The molecule has 0 radical (unpaired) electrons. The van der Waals surface area contributed by atoms with E-state index in [1.165, 1.54) is 0 Å². The zero-order valence-electron chi connectivity index (χ0n) is 14.1. The number of aromatic hydroxyl groups is 1. The highest BCUT2D eigenvalue weighted by atomic mass is 32.1. The van der Waals surface area contributed by atoms with Crippen molar-refractivity contribution in [1.29, 1.82) is 0 Å². The molecular weight excluding hydrogens is 344 g/mol. The average molecular weight is 360 g/mol. The Hall–Kier alpha value is -3.18. The summed E-state index contributed by atoms with van der Waals surface area (Å²) in [6.07, 6.45) is 1.79. The fraction of sp³-hybridized carbons (Fsp3) is 0.0476. The Morgan fingerprint density at radius 1 is 1.04 bits per heavy atom. The predicted molar refractivity (Wildman–Crippen MR) is 107 cm³/mol. The van der Waals surface area contributed by atoms with Gasteiger partial charge in [0.25, 0.3) is 0 Å². The lowest BCUT2D eigenvalue weighted by Crippen LogP contribution is -1.84. The Morgan fingerprint density at radius 3 is 2.62 bits per heavy atom. The highest BCUT2D eigenvalue weighted by Gasteiger charge is 2.11. The topological polar surface area (TPSA) is 54.7 Å². The van der Waals surface area contributed by atoms with Crippen LogP contribution in [0, 0.1) is 0 Å². The summed E-state index contributed by atoms with van der Waals surface area (Å²) in [6.45, 7) is 0. The summed E-state index contributed by atoms with van der Waals surface area (Å²) in [5, 5.41) is 11.0. The van der Waals surface area contributed by atoms with E-state index >= 15 is 0 Å². The molecule has 0 saturated carbocycles. The third kappa shape index (κ3) is 3.30. The van der Waals surface area contributed by atoms with Gasteiger partial charge < -0.3 is 9.84 Å². The van der Waals surface area contributed by atoms with E-state index < -0.39 is 0 Å². The van der Waals surface area contributed by atoms with Crippen molar-refractivity contribution in [3.05, 3.63) is 72.3 Å². The maximum absolute atomic E-state index is 10.3. The van der Waals surface area contributed by atoms with Gasteiger partial charge in [-0.3, -0.25) is 4.99 Å². The van der Waals surface area contributed by atoms with Crippen molar-refractivity contribution >= 4 is 33.5 Å². The molecular formula is C21H16N2O2S. The zero-order valence-corrected chi connectivity index (χ0v) is 14.9. The van der Waals surface area contributed by atoms with Gasteiger partial charge in [0.15, 0.2) is 0 Å². The average Bonchev–Trinajstić information content (AvgIpc) is 3.11. The van der Waals surface area contributed by atoms with Crippen LogP contribution >= 0.6 is 11.3 Å². The normalized spacial score (nSPS) is 11.3. The van der Waals surface area contributed by atoms with Crippen molar-refractivity contribution in [2.24, 2.45) is 4.99 Å². The molecule has 5 heteroatoms. The number of methoxy groups -OCH3 is 1. The summed E-state index contributed by atoms with van der Waals surface area (Å²) < 4.78 is 6.25. The number of hydrogen-bond acceptors (Lipinski definition) is 5. The summed E-state index contributed by atoms with van der Waals surface area (Å²) in [5.41, 5.74) is 3.35. The minimum absolute atomic E-state index is 0.201. The van der Waals surface area contributed by atoms with Gasteiger partial charge in [0, 0.05) is 6.21 Å². The van der Waals surface area contributed by atoms with E-state index in [4.69, 9.17) is 4.74 Å². The lowest BCUT2D eigenvalue weighted by Gasteiger charge is -2.03. The zero-order chi connectivity index (χ0) is 17.9. The first-order valence-electron chi connectivity index (χ1n) is 8.10. The molecule has 1 heterocycles. The number of phenolic OH excluding ortho intramolecular Hbond substituents is 1. The molecule has 1 N–H and O–H groups in total. The van der Waals surface area contributed by atoms with Crippen molar-refractivity contribution in [2.75, 3.05) is 7.11 Å². The van der Waals surface area contributed by atoms with Gasteiger partial charge in [0.1, 0.15) is 16.5 Å². The fourth-order valence-electron chi connectivity index (χ4n) is 2.60. The SMILES string of the molecule is COc1ccc(C=Nc2ccc(O)c(-c3nc4ccccc4s3)c2)cc1. The van der Waals surface area contributed by atoms with Crippen molar-refractivity contribution in [3.63, 3.8) is 0 Å². The van der Waals surface area contributed by atoms with E-state index in [9.17, 15) is 5.11 Å². The van der Waals surface area contributed by atoms with Crippen molar-refractivity contribution in [2.45, 2.75) is 0 Å². The quantitative estimate of drug-likeness (QED) is 0.494. The first kappa shape index (κ1) is 16.3. The number of aromatic nitrogens is 1. The third-order valence-corrected chi connectivity index (χ3v) is 5.05. The van der Waals surface area contributed by atoms with Crippen LogP contribution in [0.15, 0.2) is 71.7 Å². The lowest BCUT2D eigenvalue weighted by molar-refractivity contribution is 0.415. The second kappa shape index (κ2) is 6.98. The number of thiazole rings is 1. The van der Waals surface area contributed by atoms with Gasteiger partial charge in [-0.1, -0.05) is 12.1 Å². The van der Waals surface area contributed by atoms with Crippen molar-refractivity contribution < 1.29 is 9.84 Å². The second-order valence-electron chi connectivity index (χ2n) is 5.72. The van der Waals surface area contributed by atoms with Crippen LogP contribution in [0.3, 0.4) is 0 Å². The van der Waals surface area contributed by atoms with E-state index in [-0.39, 0.29) is 5.75 Å². The second-order valence-corrected chi connectivity index (χ2v) is 6.75. The van der Waals surface area contributed by atoms with Crippen LogP contribution in [0.5, 0.6) is 11.5 Å². The molecule has 0 bridgehead atoms. The number of phenols is 1. The Bertz CT molecular complexity index is 1050. The maximum atomic E-state index is 10.3. The van der Waals surface area contributed by atoms with Crippen LogP contribution in [0.1, 0.15) is 5.56 Å². The molecule has 0 atom stereocenters. The van der Waals surface area contributed by atoms with Gasteiger partial charge in [-0.25, -0.2) is 4.98 Å². The number of nitrogens with zero attached hydrogens (tertiary/aromatic N) is 2. The van der Waals surface area contributed by atoms with Gasteiger partial charge in [-0.15, -0.1) is 11.3 Å². The molecule has 0 aliphatic carbocycles. The Balaban J connectivity index is 1.66. The molecule has 0 aliphatic rings. The van der Waals surface area contributed by atoms with Crippen LogP contribution in [-0.4, -0.2) is 23.4 Å². The largest absolute Gasteiger partial charge is 0.507 e. The summed E-state index contributed by atoms with van der Waals surface area (Å²) in [5.74, 6) is 1.01. The smallest absolute Gasteiger partial charge is 0.128 e. The van der Waals surface area contributed by atoms with Crippen molar-refractivity contribution in [3.8, 4) is 22.1 Å². The lowest BCUT2D eigenvalue weighted by atomic mass is 10.2. The number of benzene rings is 3. The van der Waals surface area contributed by atoms with E-state index in [0.29, 0.717) is 5.56 Å². The Morgan fingerprint density at radius 2 is 1.85 bits per heavy atom. The number of fused-ring (bicyclic) bond motifs is 1. The summed E-state index contributed by atoms with van der Waals surface area (Å²) >= 11 is 1.55. The van der Waals surface area contributed by atoms with Crippen LogP contribution < -0.4 is 4.74 Å². The molecule has 4 aromatic rings. The highest BCUT2D eigenvalue weighted by molar-refractivity contribution is 7.21. The summed E-state index contributed by atoms with van der Waals surface area (Å²) in [4.78, 5) is 9.13. The Kier molecular flexibility index (Phi) is 4.37. The maximum Gasteiger partial charge on any atom is 0.128 e. The molecule has 0 amide bonds. The molecule has 0 aliphatic heterocycles. The number of hydrogen-bond donors (Lipinski definition) is 1. The van der Waals surface area contributed by atoms with E-state index in [1.807, 2.05) is 54.6 Å². The van der Waals surface area contributed by atoms with Crippen LogP contribution in [0.25, 0.3) is 20.8 Å². The standard InChI is InChI=1S/C21H16N2O2S/c1-25-16-9-6-14(7-10-16)13-22-15-8-11-19(24)17(12-15)21-23-18-4-2-3-5-20(18)26-21/h2-13,24H,1H3. The summed E-state index contributed by atoms with van der Waals surface area (Å²) in [7, 11) is 1.64. The van der Waals surface area contributed by atoms with Gasteiger partial charge in [0.2, 0.25) is 0 Å². The summed E-state index contributed by atoms with van der Waals surface area (Å²) in [6, 6.07) is 20.9. The molecule has 0 fully saturated rings. The van der Waals surface area contributed by atoms with Crippen LogP contribution in [-0.2, 0) is 0 Å². The molecule has 26 heavy (non-hydrogen) atoms. The molecule has 0 unspecified atom stereocenters. The highest BCUT2D eigenvalue weighted by Crippen LogP contribution is 2.37. The van der Waals surface area contributed by atoms with Gasteiger partial charge >= 0.3 is 0 Å². The van der Waals surface area contributed by atoms with Gasteiger partial charge in [-0.05, 0) is 60.2 Å². The Labute approximate surface area is 155 Å². The third-order valence-electron chi connectivity index (χ3n) is 3.98. The molecule has 0 spiro atoms. The predicted octanol–water partition coefficient (Wildman–Crippen LogP) is 5.43. The molecule has 1 aromatic heterocycles. The van der Waals surface area contributed by atoms with E-state index in [1.54, 1.807) is 36.8 Å². The number of ether oxygens (including phenoxy) is 1. The first-order chi connectivity index (χ1) is 12.7. The molecule has 3 aromatic carbocycles. The van der Waals surface area contributed by atoms with Gasteiger partial charge in [-0.2, -0.15) is 0 Å². The van der Waals surface area contributed by atoms with Crippen molar-refractivity contribution in [1.82, 2.24) is 4.98 Å². The monoisotopic (exact) mass is 360 g/mol. The number of rotatable bonds is 4. The number of para-hydroxylation sites is 1. The van der Waals surface area contributed by atoms with E-state index in [2.05, 4.69) is 9.98 Å². The van der Waals surface area contributed by atoms with Crippen LogP contribution in [0.4, 0.5) is 5.69 Å². The molecule has 4 nitrogen and oxygen atoms in total. The van der Waals surface area contributed by atoms with Crippen LogP contribution in [0.2, 0.25) is 0 Å². The van der Waals surface area contributed by atoms with Gasteiger partial charge in [0.05, 0.1) is 28.6 Å².